The van der Waals surface area contributed by atoms with E-state index >= 15 is 0 Å². The Kier molecular flexibility index (Phi) is 7.21. The Morgan fingerprint density at radius 3 is 2.04 bits per heavy atom. The van der Waals surface area contributed by atoms with Crippen LogP contribution < -0.4 is 29.7 Å². The van der Waals surface area contributed by atoms with Crippen molar-refractivity contribution >= 4 is 23.7 Å². The van der Waals surface area contributed by atoms with E-state index < -0.39 is 11.8 Å². The highest BCUT2D eigenvalue weighted by atomic mass is 16.5. The van der Waals surface area contributed by atoms with Gasteiger partial charge < -0.3 is 24.3 Å². The van der Waals surface area contributed by atoms with E-state index in [2.05, 4.69) is 15.8 Å². The zero-order valence-electron chi connectivity index (χ0n) is 15.9. The van der Waals surface area contributed by atoms with E-state index in [0.29, 0.717) is 34.2 Å². The highest BCUT2D eigenvalue weighted by Gasteiger charge is 2.15. The van der Waals surface area contributed by atoms with Gasteiger partial charge in [0.25, 0.3) is 0 Å². The second-order valence-corrected chi connectivity index (χ2v) is 5.31. The molecule has 0 bridgehead atoms. The first-order valence-electron chi connectivity index (χ1n) is 8.11. The average molecular weight is 387 g/mol. The van der Waals surface area contributed by atoms with Gasteiger partial charge in [0.1, 0.15) is 5.75 Å². The molecule has 0 aliphatic carbocycles. The van der Waals surface area contributed by atoms with Gasteiger partial charge in [-0.05, 0) is 24.3 Å². The highest BCUT2D eigenvalue weighted by molar-refractivity contribution is 6.39. The monoisotopic (exact) mass is 387 g/mol. The Morgan fingerprint density at radius 1 is 0.857 bits per heavy atom. The van der Waals surface area contributed by atoms with Crippen LogP contribution in [0.5, 0.6) is 23.0 Å². The van der Waals surface area contributed by atoms with E-state index in [9.17, 15) is 9.59 Å². The van der Waals surface area contributed by atoms with Gasteiger partial charge in [0.05, 0.1) is 40.3 Å². The molecule has 9 nitrogen and oxygen atoms in total. The summed E-state index contributed by atoms with van der Waals surface area (Å²) in [6, 6.07) is 10.0. The lowest BCUT2D eigenvalue weighted by Gasteiger charge is -2.12. The minimum atomic E-state index is -0.936. The van der Waals surface area contributed by atoms with E-state index in [1.165, 1.54) is 34.7 Å². The molecule has 0 fully saturated rings. The van der Waals surface area contributed by atoms with Crippen molar-refractivity contribution in [2.75, 3.05) is 33.8 Å². The van der Waals surface area contributed by atoms with Gasteiger partial charge in [-0.15, -0.1) is 0 Å². The number of methoxy groups -OCH3 is 4. The number of hydrazone groups is 1. The minimum absolute atomic E-state index is 0.374. The van der Waals surface area contributed by atoms with E-state index in [0.717, 1.165) is 0 Å². The molecular weight excluding hydrogens is 366 g/mol. The lowest BCUT2D eigenvalue weighted by molar-refractivity contribution is -0.136. The van der Waals surface area contributed by atoms with E-state index in [-0.39, 0.29) is 0 Å². The van der Waals surface area contributed by atoms with Crippen molar-refractivity contribution in [3.63, 3.8) is 0 Å². The summed E-state index contributed by atoms with van der Waals surface area (Å²) in [5.41, 5.74) is 3.10. The number of carbonyl (C=O) groups is 2. The molecule has 0 saturated heterocycles. The van der Waals surface area contributed by atoms with Crippen molar-refractivity contribution in [3.8, 4) is 23.0 Å². The number of hydrogen-bond donors (Lipinski definition) is 2. The Morgan fingerprint density at radius 2 is 1.46 bits per heavy atom. The molecule has 0 spiro atoms. The topological polar surface area (TPSA) is 107 Å². The summed E-state index contributed by atoms with van der Waals surface area (Å²) in [6.45, 7) is 0. The van der Waals surface area contributed by atoms with Crippen LogP contribution in [0.1, 0.15) is 5.56 Å². The molecule has 0 saturated carbocycles. The summed E-state index contributed by atoms with van der Waals surface area (Å²) in [7, 11) is 5.94. The maximum absolute atomic E-state index is 12.0. The number of anilines is 1. The predicted molar refractivity (Wildman–Crippen MR) is 103 cm³/mol. The zero-order valence-corrected chi connectivity index (χ0v) is 15.9. The largest absolute Gasteiger partial charge is 0.495 e. The SMILES string of the molecule is COc1ccccc1NC(=O)C(=O)N/N=C\c1cc(OC)c(OC)c(OC)c1. The smallest absolute Gasteiger partial charge is 0.329 e. The maximum Gasteiger partial charge on any atom is 0.329 e. The summed E-state index contributed by atoms with van der Waals surface area (Å²) in [6.07, 6.45) is 1.35. The van der Waals surface area contributed by atoms with E-state index in [1.807, 2.05) is 0 Å². The molecule has 2 rings (SSSR count). The first-order valence-corrected chi connectivity index (χ1v) is 8.11. The summed E-state index contributed by atoms with van der Waals surface area (Å²) in [4.78, 5) is 23.9. The quantitative estimate of drug-likeness (QED) is 0.426. The van der Waals surface area contributed by atoms with Crippen molar-refractivity contribution in [3.05, 3.63) is 42.0 Å². The molecule has 0 heterocycles. The third-order valence-corrected chi connectivity index (χ3v) is 3.63. The Labute approximate surface area is 162 Å². The van der Waals surface area contributed by atoms with Crippen LogP contribution in [0.3, 0.4) is 0 Å². The fourth-order valence-corrected chi connectivity index (χ4v) is 2.32. The van der Waals surface area contributed by atoms with Gasteiger partial charge in [-0.2, -0.15) is 5.10 Å². The molecular formula is C19H21N3O6. The van der Waals surface area contributed by atoms with Crippen LogP contribution in [0.25, 0.3) is 0 Å². The molecule has 0 aromatic heterocycles. The number of nitrogens with zero attached hydrogens (tertiary/aromatic N) is 1. The first kappa shape index (κ1) is 20.6. The first-order chi connectivity index (χ1) is 13.5. The molecule has 2 aromatic carbocycles. The number of amides is 2. The third kappa shape index (κ3) is 4.91. The van der Waals surface area contributed by atoms with E-state index in [1.54, 1.807) is 36.4 Å². The number of nitrogens with one attached hydrogen (secondary N) is 2. The third-order valence-electron chi connectivity index (χ3n) is 3.63. The van der Waals surface area contributed by atoms with Gasteiger partial charge in [0, 0.05) is 5.56 Å². The van der Waals surface area contributed by atoms with Crippen molar-refractivity contribution in [1.29, 1.82) is 0 Å². The van der Waals surface area contributed by atoms with Gasteiger partial charge >= 0.3 is 11.8 Å². The lowest BCUT2D eigenvalue weighted by Crippen LogP contribution is -2.32. The van der Waals surface area contributed by atoms with Gasteiger partial charge in [0.15, 0.2) is 11.5 Å². The lowest BCUT2D eigenvalue weighted by atomic mass is 10.2. The molecule has 148 valence electrons. The van der Waals surface area contributed by atoms with Crippen LogP contribution in [0.15, 0.2) is 41.5 Å². The van der Waals surface area contributed by atoms with Gasteiger partial charge in [0.2, 0.25) is 5.75 Å². The van der Waals surface area contributed by atoms with Crippen molar-refractivity contribution in [1.82, 2.24) is 5.43 Å². The normalized spacial score (nSPS) is 10.3. The summed E-state index contributed by atoms with van der Waals surface area (Å²) in [5, 5.41) is 6.24. The second kappa shape index (κ2) is 9.81. The fourth-order valence-electron chi connectivity index (χ4n) is 2.32. The van der Waals surface area contributed by atoms with Gasteiger partial charge in [-0.25, -0.2) is 5.43 Å². The molecule has 0 aliphatic heterocycles. The number of para-hydroxylation sites is 2. The Hall–Kier alpha value is -3.75. The van der Waals surface area contributed by atoms with Crippen LogP contribution >= 0.6 is 0 Å². The molecule has 0 radical (unpaired) electrons. The van der Waals surface area contributed by atoms with Crippen LogP contribution in [0.4, 0.5) is 5.69 Å². The maximum atomic E-state index is 12.0. The molecule has 28 heavy (non-hydrogen) atoms. The Bertz CT molecular complexity index is 857. The molecule has 2 amide bonds. The summed E-state index contributed by atoms with van der Waals surface area (Å²) >= 11 is 0. The molecule has 0 atom stereocenters. The Balaban J connectivity index is 2.05. The van der Waals surface area contributed by atoms with Crippen molar-refractivity contribution < 1.29 is 28.5 Å². The molecule has 9 heteroatoms. The average Bonchev–Trinajstić information content (AvgIpc) is 2.73. The van der Waals surface area contributed by atoms with Gasteiger partial charge in [-0.3, -0.25) is 9.59 Å². The number of hydrogen-bond acceptors (Lipinski definition) is 7. The minimum Gasteiger partial charge on any atom is -0.495 e. The molecule has 0 unspecified atom stereocenters. The summed E-state index contributed by atoms with van der Waals surface area (Å²) < 4.78 is 20.8. The number of rotatable bonds is 7. The molecule has 0 aliphatic rings. The van der Waals surface area contributed by atoms with Crippen molar-refractivity contribution in [2.24, 2.45) is 5.10 Å². The number of ether oxygens (including phenoxy) is 4. The number of carbonyl (C=O) groups excluding carboxylic acids is 2. The standard InChI is InChI=1S/C19H21N3O6/c1-25-14-8-6-5-7-13(14)21-18(23)19(24)22-20-11-12-9-15(26-2)17(28-4)16(10-12)27-3/h5-11H,1-4H3,(H,21,23)(H,22,24)/b20-11-. The van der Waals surface area contributed by atoms with Crippen molar-refractivity contribution in [2.45, 2.75) is 0 Å². The van der Waals surface area contributed by atoms with Gasteiger partial charge in [-0.1, -0.05) is 12.1 Å². The van der Waals surface area contributed by atoms with Crippen LogP contribution in [-0.4, -0.2) is 46.5 Å². The summed E-state index contributed by atoms with van der Waals surface area (Å²) in [5.74, 6) is -0.0832. The molecule has 2 aromatic rings. The van der Waals surface area contributed by atoms with E-state index in [4.69, 9.17) is 18.9 Å². The second-order valence-electron chi connectivity index (χ2n) is 5.31. The predicted octanol–water partition coefficient (Wildman–Crippen LogP) is 1.81. The van der Waals surface area contributed by atoms with Crippen LogP contribution in [-0.2, 0) is 9.59 Å². The van der Waals surface area contributed by atoms with Crippen LogP contribution in [0.2, 0.25) is 0 Å². The fraction of sp³-hybridized carbons (Fsp3) is 0.211. The van der Waals surface area contributed by atoms with Crippen LogP contribution in [0, 0.1) is 0 Å². The zero-order chi connectivity index (χ0) is 20.5. The molecule has 2 N–H and O–H groups in total. The highest BCUT2D eigenvalue weighted by Crippen LogP contribution is 2.37. The number of benzene rings is 2.